The molecular weight excluding hydrogens is 435 g/mol. The molecule has 0 aliphatic rings. The highest BCUT2D eigenvalue weighted by molar-refractivity contribution is 9.10. The van der Waals surface area contributed by atoms with Gasteiger partial charge in [0, 0.05) is 11.9 Å². The molecule has 0 saturated heterocycles. The summed E-state index contributed by atoms with van der Waals surface area (Å²) in [5, 5.41) is 2.05. The number of nitrogens with one attached hydrogen (secondary N) is 1. The Kier molecular flexibility index (Phi) is 4.74. The van der Waals surface area contributed by atoms with Crippen LogP contribution in [-0.2, 0) is 6.18 Å². The van der Waals surface area contributed by atoms with E-state index >= 15 is 0 Å². The molecule has 2 heterocycles. The standard InChI is InChI=1S/C17H12BrClF3N3O/c1-8-5-12(18)15-23-9(2)14(25(15)7-8)16(26)24-10-3-4-13(19)11(6-10)17(20,21)22/h3-7H,1-2H3,(H,24,26). The van der Waals surface area contributed by atoms with E-state index in [-0.39, 0.29) is 11.4 Å². The second-order valence-electron chi connectivity index (χ2n) is 5.75. The monoisotopic (exact) mass is 445 g/mol. The Morgan fingerprint density at radius 1 is 1.27 bits per heavy atom. The summed E-state index contributed by atoms with van der Waals surface area (Å²) >= 11 is 9.00. The number of alkyl halides is 3. The number of hydrogen-bond donors (Lipinski definition) is 1. The Labute approximate surface area is 160 Å². The predicted octanol–water partition coefficient (Wildman–Crippen LogP) is 5.64. The van der Waals surface area contributed by atoms with Crippen molar-refractivity contribution >= 4 is 44.8 Å². The molecule has 26 heavy (non-hydrogen) atoms. The lowest BCUT2D eigenvalue weighted by atomic mass is 10.2. The van der Waals surface area contributed by atoms with Crippen molar-refractivity contribution in [3.8, 4) is 0 Å². The molecule has 0 bridgehead atoms. The fraction of sp³-hybridized carbons (Fsp3) is 0.176. The summed E-state index contributed by atoms with van der Waals surface area (Å²) in [6.45, 7) is 3.52. The number of pyridine rings is 1. The van der Waals surface area contributed by atoms with Crippen molar-refractivity contribution in [2.75, 3.05) is 5.32 Å². The smallest absolute Gasteiger partial charge is 0.321 e. The molecule has 136 valence electrons. The number of benzene rings is 1. The molecule has 0 unspecified atom stereocenters. The fourth-order valence-corrected chi connectivity index (χ4v) is 3.50. The van der Waals surface area contributed by atoms with Gasteiger partial charge < -0.3 is 5.32 Å². The summed E-state index contributed by atoms with van der Waals surface area (Å²) in [5.74, 6) is -0.567. The van der Waals surface area contributed by atoms with E-state index in [4.69, 9.17) is 11.6 Å². The van der Waals surface area contributed by atoms with Crippen LogP contribution < -0.4 is 5.32 Å². The summed E-state index contributed by atoms with van der Waals surface area (Å²) < 4.78 is 41.3. The van der Waals surface area contributed by atoms with Crippen LogP contribution in [0.1, 0.15) is 27.3 Å². The molecule has 0 aliphatic heterocycles. The molecule has 0 radical (unpaired) electrons. The quantitative estimate of drug-likeness (QED) is 0.554. The number of aryl methyl sites for hydroxylation is 2. The first-order valence-electron chi connectivity index (χ1n) is 7.41. The highest BCUT2D eigenvalue weighted by atomic mass is 79.9. The van der Waals surface area contributed by atoms with Gasteiger partial charge in [0.25, 0.3) is 5.91 Å². The topological polar surface area (TPSA) is 46.4 Å². The number of halogens is 5. The van der Waals surface area contributed by atoms with Crippen LogP contribution in [0.25, 0.3) is 5.65 Å². The zero-order valence-corrected chi connectivity index (χ0v) is 15.9. The first-order valence-corrected chi connectivity index (χ1v) is 8.58. The summed E-state index contributed by atoms with van der Waals surface area (Å²) in [5.41, 5.74) is 1.12. The van der Waals surface area contributed by atoms with Gasteiger partial charge in [0.15, 0.2) is 5.65 Å². The van der Waals surface area contributed by atoms with Crippen molar-refractivity contribution in [2.24, 2.45) is 0 Å². The summed E-state index contributed by atoms with van der Waals surface area (Å²) in [7, 11) is 0. The number of hydrogen-bond acceptors (Lipinski definition) is 2. The number of carbonyl (C=O) groups excluding carboxylic acids is 1. The fourth-order valence-electron chi connectivity index (χ4n) is 2.63. The van der Waals surface area contributed by atoms with Gasteiger partial charge in [0.2, 0.25) is 0 Å². The number of anilines is 1. The highest BCUT2D eigenvalue weighted by Crippen LogP contribution is 2.36. The molecule has 0 atom stereocenters. The van der Waals surface area contributed by atoms with Crippen LogP contribution in [0.3, 0.4) is 0 Å². The maximum absolute atomic E-state index is 13.0. The molecule has 3 aromatic rings. The van der Waals surface area contributed by atoms with Gasteiger partial charge in [-0.3, -0.25) is 9.20 Å². The molecule has 4 nitrogen and oxygen atoms in total. The van der Waals surface area contributed by atoms with E-state index in [9.17, 15) is 18.0 Å². The van der Waals surface area contributed by atoms with Crippen LogP contribution in [0, 0.1) is 13.8 Å². The molecule has 1 N–H and O–H groups in total. The normalized spacial score (nSPS) is 11.8. The maximum atomic E-state index is 13.0. The van der Waals surface area contributed by atoms with Gasteiger partial charge in [0.1, 0.15) is 5.69 Å². The van der Waals surface area contributed by atoms with Crippen molar-refractivity contribution in [3.05, 3.63) is 62.5 Å². The number of fused-ring (bicyclic) bond motifs is 1. The summed E-state index contributed by atoms with van der Waals surface area (Å²) in [6, 6.07) is 5.08. The lowest BCUT2D eigenvalue weighted by Crippen LogP contribution is -2.16. The van der Waals surface area contributed by atoms with E-state index in [1.54, 1.807) is 17.5 Å². The molecule has 3 rings (SSSR count). The van der Waals surface area contributed by atoms with Crippen LogP contribution in [0.2, 0.25) is 5.02 Å². The van der Waals surface area contributed by atoms with E-state index in [1.165, 1.54) is 6.07 Å². The highest BCUT2D eigenvalue weighted by Gasteiger charge is 2.33. The first-order chi connectivity index (χ1) is 12.1. The van der Waals surface area contributed by atoms with Crippen LogP contribution in [-0.4, -0.2) is 15.3 Å². The second-order valence-corrected chi connectivity index (χ2v) is 7.01. The van der Waals surface area contributed by atoms with Crippen molar-refractivity contribution in [1.29, 1.82) is 0 Å². The van der Waals surface area contributed by atoms with Gasteiger partial charge in [-0.1, -0.05) is 11.6 Å². The van der Waals surface area contributed by atoms with Crippen molar-refractivity contribution in [1.82, 2.24) is 9.38 Å². The largest absolute Gasteiger partial charge is 0.417 e. The van der Waals surface area contributed by atoms with Crippen LogP contribution in [0.5, 0.6) is 0 Å². The van der Waals surface area contributed by atoms with E-state index in [1.807, 2.05) is 13.0 Å². The van der Waals surface area contributed by atoms with E-state index in [2.05, 4.69) is 26.2 Å². The zero-order chi connectivity index (χ0) is 19.2. The van der Waals surface area contributed by atoms with E-state index < -0.39 is 22.7 Å². The molecule has 2 aromatic heterocycles. The Morgan fingerprint density at radius 3 is 2.62 bits per heavy atom. The van der Waals surface area contributed by atoms with Gasteiger partial charge in [-0.15, -0.1) is 0 Å². The minimum absolute atomic E-state index is 0.00667. The van der Waals surface area contributed by atoms with E-state index in [0.29, 0.717) is 15.8 Å². The van der Waals surface area contributed by atoms with Crippen LogP contribution >= 0.6 is 27.5 Å². The Bertz CT molecular complexity index is 1030. The minimum Gasteiger partial charge on any atom is -0.321 e. The van der Waals surface area contributed by atoms with Crippen molar-refractivity contribution in [2.45, 2.75) is 20.0 Å². The molecule has 0 spiro atoms. The minimum atomic E-state index is -4.61. The average Bonchev–Trinajstić information content (AvgIpc) is 2.84. The number of aromatic nitrogens is 2. The lowest BCUT2D eigenvalue weighted by molar-refractivity contribution is -0.137. The van der Waals surface area contributed by atoms with Crippen LogP contribution in [0.4, 0.5) is 18.9 Å². The summed E-state index contributed by atoms with van der Waals surface area (Å²) in [4.78, 5) is 17.0. The van der Waals surface area contributed by atoms with Crippen molar-refractivity contribution in [3.63, 3.8) is 0 Å². The number of rotatable bonds is 2. The third-order valence-electron chi connectivity index (χ3n) is 3.73. The molecule has 1 amide bonds. The van der Waals surface area contributed by atoms with Gasteiger partial charge in [-0.05, 0) is 59.6 Å². The molecular formula is C17H12BrClF3N3O. The first kappa shape index (κ1) is 18.7. The molecule has 0 aliphatic carbocycles. The number of amides is 1. The summed E-state index contributed by atoms with van der Waals surface area (Å²) in [6.07, 6.45) is -2.88. The van der Waals surface area contributed by atoms with Gasteiger partial charge >= 0.3 is 6.18 Å². The number of imidazole rings is 1. The Balaban J connectivity index is 2.02. The number of nitrogens with zero attached hydrogens (tertiary/aromatic N) is 2. The predicted molar refractivity (Wildman–Crippen MR) is 96.8 cm³/mol. The van der Waals surface area contributed by atoms with E-state index in [0.717, 1.165) is 17.7 Å². The molecule has 0 fully saturated rings. The van der Waals surface area contributed by atoms with Gasteiger partial charge in [0.05, 0.1) is 20.8 Å². The second kappa shape index (κ2) is 6.59. The third kappa shape index (κ3) is 3.43. The maximum Gasteiger partial charge on any atom is 0.417 e. The third-order valence-corrected chi connectivity index (χ3v) is 4.64. The Hall–Kier alpha value is -2.06. The average molecular weight is 447 g/mol. The van der Waals surface area contributed by atoms with Gasteiger partial charge in [-0.25, -0.2) is 4.98 Å². The zero-order valence-electron chi connectivity index (χ0n) is 13.6. The van der Waals surface area contributed by atoms with Crippen molar-refractivity contribution < 1.29 is 18.0 Å². The van der Waals surface area contributed by atoms with Gasteiger partial charge in [-0.2, -0.15) is 13.2 Å². The lowest BCUT2D eigenvalue weighted by Gasteiger charge is -2.12. The molecule has 9 heteroatoms. The Morgan fingerprint density at radius 2 is 1.96 bits per heavy atom. The van der Waals surface area contributed by atoms with Crippen LogP contribution in [0.15, 0.2) is 34.9 Å². The SMILES string of the molecule is Cc1cc(Br)c2nc(C)c(C(=O)Nc3ccc(Cl)c(C(F)(F)F)c3)n2c1. The molecule has 1 aromatic carbocycles. The number of carbonyl (C=O) groups is 1. The molecule has 0 saturated carbocycles.